The lowest BCUT2D eigenvalue weighted by molar-refractivity contribution is 0.0937. The number of halogens is 1. The summed E-state index contributed by atoms with van der Waals surface area (Å²) in [6.07, 6.45) is 3.07. The molecule has 0 bridgehead atoms. The van der Waals surface area contributed by atoms with Gasteiger partial charge in [0.1, 0.15) is 0 Å². The second-order valence-electron chi connectivity index (χ2n) is 7.26. The second kappa shape index (κ2) is 6.97. The number of amides is 1. The molecule has 140 valence electrons. The smallest absolute Gasteiger partial charge is 0.252 e. The molecule has 0 aliphatic heterocycles. The molecule has 0 saturated heterocycles. The Morgan fingerprint density at radius 3 is 2.67 bits per heavy atom. The summed E-state index contributed by atoms with van der Waals surface area (Å²) >= 11 is 6.00. The van der Waals surface area contributed by atoms with Crippen LogP contribution < -0.4 is 5.32 Å². The van der Waals surface area contributed by atoms with E-state index in [2.05, 4.69) is 17.3 Å². The van der Waals surface area contributed by atoms with Crippen molar-refractivity contribution in [2.24, 2.45) is 7.05 Å². The normalized spacial score (nSPS) is 15.1. The van der Waals surface area contributed by atoms with Gasteiger partial charge in [-0.15, -0.1) is 0 Å². The van der Waals surface area contributed by atoms with E-state index in [-0.39, 0.29) is 11.9 Å². The zero-order valence-corrected chi connectivity index (χ0v) is 16.5. The number of nitrogens with one attached hydrogen (secondary N) is 1. The molecule has 1 fully saturated rings. The van der Waals surface area contributed by atoms with Gasteiger partial charge in [-0.2, -0.15) is 5.10 Å². The lowest BCUT2D eigenvalue weighted by atomic mass is 10.0. The highest BCUT2D eigenvalue weighted by molar-refractivity contribution is 6.30. The zero-order valence-electron chi connectivity index (χ0n) is 15.8. The molecule has 27 heavy (non-hydrogen) atoms. The number of carbonyl (C=O) groups is 1. The van der Waals surface area contributed by atoms with Crippen molar-refractivity contribution in [2.75, 3.05) is 0 Å². The van der Waals surface area contributed by atoms with Gasteiger partial charge in [0.05, 0.1) is 22.7 Å². The van der Waals surface area contributed by atoms with Crippen molar-refractivity contribution < 1.29 is 4.79 Å². The number of hydrogen-bond acceptors (Lipinski definition) is 3. The molecular formula is C21H23ClN4O. The number of nitrogens with zero attached hydrogens (tertiary/aromatic N) is 3. The molecule has 1 atom stereocenters. The Balaban J connectivity index is 1.72. The molecule has 2 aromatic heterocycles. The summed E-state index contributed by atoms with van der Waals surface area (Å²) in [5.41, 5.74) is 4.31. The largest absolute Gasteiger partial charge is 0.345 e. The fourth-order valence-electron chi connectivity index (χ4n) is 3.58. The van der Waals surface area contributed by atoms with Crippen LogP contribution in [0.15, 0.2) is 30.3 Å². The quantitative estimate of drug-likeness (QED) is 0.696. The first-order valence-electron chi connectivity index (χ1n) is 9.38. The average Bonchev–Trinajstić information content (AvgIpc) is 3.46. The highest BCUT2D eigenvalue weighted by Gasteiger charge is 2.29. The van der Waals surface area contributed by atoms with Crippen molar-refractivity contribution in [3.05, 3.63) is 57.9 Å². The minimum atomic E-state index is -0.0813. The third kappa shape index (κ3) is 3.44. The molecule has 1 unspecified atom stereocenters. The number of hydrogen-bond donors (Lipinski definition) is 1. The molecule has 6 heteroatoms. The lowest BCUT2D eigenvalue weighted by Gasteiger charge is -2.18. The van der Waals surface area contributed by atoms with E-state index in [1.54, 1.807) is 4.68 Å². The highest BCUT2D eigenvalue weighted by atomic mass is 35.5. The van der Waals surface area contributed by atoms with Crippen LogP contribution in [0.1, 0.15) is 65.5 Å². The molecule has 1 N–H and O–H groups in total. The van der Waals surface area contributed by atoms with Crippen LogP contribution in [0.3, 0.4) is 0 Å². The van der Waals surface area contributed by atoms with E-state index in [4.69, 9.17) is 16.6 Å². The SMILES string of the molecule is CCC(NC(=O)c1cc(C2CC2)nc2c1c(C)nn2C)c1ccc(Cl)cc1. The number of aryl methyl sites for hydroxylation is 2. The molecule has 0 radical (unpaired) electrons. The zero-order chi connectivity index (χ0) is 19.1. The first-order chi connectivity index (χ1) is 13.0. The molecule has 4 rings (SSSR count). The van der Waals surface area contributed by atoms with Gasteiger partial charge < -0.3 is 5.32 Å². The fraction of sp³-hybridized carbons (Fsp3) is 0.381. The van der Waals surface area contributed by atoms with Gasteiger partial charge in [0.2, 0.25) is 0 Å². The van der Waals surface area contributed by atoms with Crippen molar-refractivity contribution in [2.45, 2.75) is 45.1 Å². The summed E-state index contributed by atoms with van der Waals surface area (Å²) in [6.45, 7) is 3.99. The fourth-order valence-corrected chi connectivity index (χ4v) is 3.71. The van der Waals surface area contributed by atoms with Gasteiger partial charge in [-0.05, 0) is 49.9 Å². The van der Waals surface area contributed by atoms with Crippen LogP contribution in [-0.4, -0.2) is 20.7 Å². The lowest BCUT2D eigenvalue weighted by Crippen LogP contribution is -2.28. The topological polar surface area (TPSA) is 59.8 Å². The van der Waals surface area contributed by atoms with Gasteiger partial charge in [0, 0.05) is 23.7 Å². The Morgan fingerprint density at radius 2 is 2.04 bits per heavy atom. The number of fused-ring (bicyclic) bond motifs is 1. The number of aromatic nitrogens is 3. The Hall–Kier alpha value is -2.40. The van der Waals surface area contributed by atoms with Crippen LogP contribution >= 0.6 is 11.6 Å². The van der Waals surface area contributed by atoms with E-state index in [1.807, 2.05) is 44.3 Å². The molecule has 1 aromatic carbocycles. The van der Waals surface area contributed by atoms with Crippen LogP contribution in [-0.2, 0) is 7.05 Å². The van der Waals surface area contributed by atoms with Gasteiger partial charge in [-0.1, -0.05) is 30.7 Å². The van der Waals surface area contributed by atoms with E-state index in [1.165, 1.54) is 0 Å². The Kier molecular flexibility index (Phi) is 4.64. The molecule has 2 heterocycles. The van der Waals surface area contributed by atoms with E-state index < -0.39 is 0 Å². The molecule has 1 saturated carbocycles. The molecule has 5 nitrogen and oxygen atoms in total. The summed E-state index contributed by atoms with van der Waals surface area (Å²) in [5.74, 6) is 0.386. The maximum absolute atomic E-state index is 13.2. The number of carbonyl (C=O) groups excluding carboxylic acids is 1. The van der Waals surface area contributed by atoms with Crippen LogP contribution in [0.4, 0.5) is 0 Å². The van der Waals surface area contributed by atoms with Gasteiger partial charge in [0.15, 0.2) is 5.65 Å². The Morgan fingerprint density at radius 1 is 1.33 bits per heavy atom. The minimum Gasteiger partial charge on any atom is -0.345 e. The van der Waals surface area contributed by atoms with Gasteiger partial charge in [-0.3, -0.25) is 9.48 Å². The maximum atomic E-state index is 13.2. The summed E-state index contributed by atoms with van der Waals surface area (Å²) in [7, 11) is 1.88. The van der Waals surface area contributed by atoms with Crippen molar-refractivity contribution in [1.82, 2.24) is 20.1 Å². The summed E-state index contributed by atoms with van der Waals surface area (Å²) in [6, 6.07) is 9.52. The molecule has 0 spiro atoms. The van der Waals surface area contributed by atoms with Crippen molar-refractivity contribution in [3.63, 3.8) is 0 Å². The van der Waals surface area contributed by atoms with Crippen molar-refractivity contribution in [3.8, 4) is 0 Å². The summed E-state index contributed by atoms with van der Waals surface area (Å²) < 4.78 is 1.77. The highest BCUT2D eigenvalue weighted by Crippen LogP contribution is 2.40. The van der Waals surface area contributed by atoms with E-state index >= 15 is 0 Å². The first kappa shape index (κ1) is 18.0. The Bertz CT molecular complexity index is 1010. The third-order valence-electron chi connectivity index (χ3n) is 5.21. The van der Waals surface area contributed by atoms with E-state index in [0.29, 0.717) is 16.5 Å². The summed E-state index contributed by atoms with van der Waals surface area (Å²) in [5, 5.41) is 9.20. The number of rotatable bonds is 5. The molecule has 1 aliphatic rings. The standard InChI is InChI=1S/C21H23ClN4O/c1-4-17(13-7-9-15(22)10-8-13)24-21(27)16-11-18(14-5-6-14)23-20-19(16)12(2)25-26(20)3/h7-11,14,17H,4-6H2,1-3H3,(H,24,27). The minimum absolute atomic E-state index is 0.0701. The predicted molar refractivity (Wildman–Crippen MR) is 107 cm³/mol. The molecular weight excluding hydrogens is 360 g/mol. The average molecular weight is 383 g/mol. The monoisotopic (exact) mass is 382 g/mol. The molecule has 3 aromatic rings. The first-order valence-corrected chi connectivity index (χ1v) is 9.76. The second-order valence-corrected chi connectivity index (χ2v) is 7.70. The molecule has 1 aliphatic carbocycles. The van der Waals surface area contributed by atoms with Crippen molar-refractivity contribution in [1.29, 1.82) is 0 Å². The predicted octanol–water partition coefficient (Wildman–Crippen LogP) is 4.69. The van der Waals surface area contributed by atoms with Gasteiger partial charge in [-0.25, -0.2) is 4.98 Å². The molecule has 1 amide bonds. The number of pyridine rings is 1. The van der Waals surface area contributed by atoms with Crippen LogP contribution in [0.25, 0.3) is 11.0 Å². The third-order valence-corrected chi connectivity index (χ3v) is 5.47. The number of benzene rings is 1. The van der Waals surface area contributed by atoms with Crippen LogP contribution in [0.5, 0.6) is 0 Å². The maximum Gasteiger partial charge on any atom is 0.252 e. The van der Waals surface area contributed by atoms with Gasteiger partial charge >= 0.3 is 0 Å². The van der Waals surface area contributed by atoms with E-state index in [9.17, 15) is 4.79 Å². The summed E-state index contributed by atoms with van der Waals surface area (Å²) in [4.78, 5) is 18.0. The Labute approximate surface area is 163 Å². The van der Waals surface area contributed by atoms with Crippen molar-refractivity contribution >= 4 is 28.5 Å². The van der Waals surface area contributed by atoms with Crippen LogP contribution in [0.2, 0.25) is 5.02 Å². The van der Waals surface area contributed by atoms with Gasteiger partial charge in [0.25, 0.3) is 5.91 Å². The van der Waals surface area contributed by atoms with E-state index in [0.717, 1.165) is 47.2 Å². The van der Waals surface area contributed by atoms with Crippen LogP contribution in [0, 0.1) is 6.92 Å².